The van der Waals surface area contributed by atoms with Crippen molar-refractivity contribution in [2.45, 2.75) is 6.92 Å². The summed E-state index contributed by atoms with van der Waals surface area (Å²) >= 11 is 0. The van der Waals surface area contributed by atoms with Crippen molar-refractivity contribution in [3.8, 4) is 0 Å². The molecule has 4 heteroatoms. The van der Waals surface area contributed by atoms with E-state index in [1.165, 1.54) is 0 Å². The van der Waals surface area contributed by atoms with Gasteiger partial charge in [-0.05, 0) is 19.1 Å². The van der Waals surface area contributed by atoms with Gasteiger partial charge in [-0.25, -0.2) is 4.98 Å². The van der Waals surface area contributed by atoms with Crippen molar-refractivity contribution in [2.24, 2.45) is 0 Å². The van der Waals surface area contributed by atoms with Crippen LogP contribution in [0.15, 0.2) is 24.8 Å². The van der Waals surface area contributed by atoms with Gasteiger partial charge in [0, 0.05) is 12.2 Å². The molecule has 2 rings (SSSR count). The first-order valence-corrected chi connectivity index (χ1v) is 4.84. The average molecular weight is 203 g/mol. The fourth-order valence-corrected chi connectivity index (χ4v) is 1.63. The number of carbonyl (C=O) groups excluding carboxylic acids is 1. The van der Waals surface area contributed by atoms with E-state index in [-0.39, 0.29) is 5.91 Å². The van der Waals surface area contributed by atoms with E-state index in [1.54, 1.807) is 6.08 Å². The maximum atomic E-state index is 11.4. The van der Waals surface area contributed by atoms with Crippen LogP contribution in [0.5, 0.6) is 0 Å². The lowest BCUT2D eigenvalue weighted by Crippen LogP contribution is -2.38. The Balaban J connectivity index is 2.42. The van der Waals surface area contributed by atoms with Crippen LogP contribution in [-0.4, -0.2) is 24.0 Å². The highest BCUT2D eigenvalue weighted by Gasteiger charge is 2.21. The molecule has 0 aromatic carbocycles. The van der Waals surface area contributed by atoms with E-state index in [0.717, 1.165) is 17.2 Å². The predicted octanol–water partition coefficient (Wildman–Crippen LogP) is 1.33. The average Bonchev–Trinajstić information content (AvgIpc) is 2.19. The summed E-state index contributed by atoms with van der Waals surface area (Å²) in [5.74, 6) is 0.824. The summed E-state index contributed by atoms with van der Waals surface area (Å²) in [5.41, 5.74) is 1.72. The van der Waals surface area contributed by atoms with E-state index in [0.29, 0.717) is 13.1 Å². The number of hydrogen-bond donors (Lipinski definition) is 1. The maximum absolute atomic E-state index is 11.4. The summed E-state index contributed by atoms with van der Waals surface area (Å²) < 4.78 is 0. The summed E-state index contributed by atoms with van der Waals surface area (Å²) in [4.78, 5) is 17.7. The fraction of sp³-hybridized carbons (Fsp3) is 0.273. The quantitative estimate of drug-likeness (QED) is 0.738. The Hall–Kier alpha value is -1.84. The molecule has 15 heavy (non-hydrogen) atoms. The smallest absolute Gasteiger partial charge is 0.244 e. The van der Waals surface area contributed by atoms with Crippen LogP contribution in [-0.2, 0) is 4.79 Å². The van der Waals surface area contributed by atoms with Crippen LogP contribution < -0.4 is 10.2 Å². The molecule has 0 atom stereocenters. The number of carbonyl (C=O) groups is 1. The number of hydrogen-bond acceptors (Lipinski definition) is 3. The Bertz CT molecular complexity index is 414. The van der Waals surface area contributed by atoms with E-state index in [9.17, 15) is 4.79 Å². The molecule has 0 aliphatic carbocycles. The molecule has 1 aliphatic rings. The van der Waals surface area contributed by atoms with Crippen LogP contribution in [0.25, 0.3) is 0 Å². The number of nitrogens with one attached hydrogen (secondary N) is 1. The van der Waals surface area contributed by atoms with Gasteiger partial charge in [-0.1, -0.05) is 6.08 Å². The minimum Gasteiger partial charge on any atom is -0.342 e. The number of fused-ring (bicyclic) bond motifs is 1. The zero-order valence-electron chi connectivity index (χ0n) is 8.66. The third-order valence-corrected chi connectivity index (χ3v) is 2.27. The number of nitrogens with zero attached hydrogens (tertiary/aromatic N) is 2. The summed E-state index contributed by atoms with van der Waals surface area (Å²) in [6, 6.07) is 3.77. The van der Waals surface area contributed by atoms with Gasteiger partial charge in [0.2, 0.25) is 5.91 Å². The Morgan fingerprint density at radius 1 is 1.67 bits per heavy atom. The number of aromatic nitrogens is 1. The highest BCUT2D eigenvalue weighted by atomic mass is 16.2. The summed E-state index contributed by atoms with van der Waals surface area (Å²) in [6.07, 6.45) is 1.77. The Kier molecular flexibility index (Phi) is 2.41. The van der Waals surface area contributed by atoms with Gasteiger partial charge in [0.25, 0.3) is 0 Å². The molecule has 78 valence electrons. The SMILES string of the molecule is C=CCN1CC(=O)Nc2ccc(C)nc21. The maximum Gasteiger partial charge on any atom is 0.244 e. The minimum atomic E-state index is -0.00463. The first-order chi connectivity index (χ1) is 7.20. The van der Waals surface area contributed by atoms with Gasteiger partial charge in [0.05, 0.1) is 12.2 Å². The van der Waals surface area contributed by atoms with Crippen LogP contribution in [0.4, 0.5) is 11.5 Å². The Labute approximate surface area is 88.6 Å². The molecule has 4 nitrogen and oxygen atoms in total. The highest BCUT2D eigenvalue weighted by Crippen LogP contribution is 2.26. The van der Waals surface area contributed by atoms with Gasteiger partial charge in [-0.3, -0.25) is 4.79 Å². The minimum absolute atomic E-state index is 0.00463. The number of aryl methyl sites for hydroxylation is 1. The molecule has 1 amide bonds. The van der Waals surface area contributed by atoms with Gasteiger partial charge in [0.15, 0.2) is 5.82 Å². The van der Waals surface area contributed by atoms with Crippen LogP contribution in [0.1, 0.15) is 5.69 Å². The van der Waals surface area contributed by atoms with Gasteiger partial charge in [-0.15, -0.1) is 6.58 Å². The predicted molar refractivity (Wildman–Crippen MR) is 60.0 cm³/mol. The largest absolute Gasteiger partial charge is 0.342 e. The highest BCUT2D eigenvalue weighted by molar-refractivity contribution is 6.00. The van der Waals surface area contributed by atoms with Crippen molar-refractivity contribution in [1.82, 2.24) is 4.98 Å². The Morgan fingerprint density at radius 2 is 2.47 bits per heavy atom. The molecular weight excluding hydrogens is 190 g/mol. The van der Waals surface area contributed by atoms with Crippen LogP contribution in [0, 0.1) is 6.92 Å². The van der Waals surface area contributed by atoms with E-state index in [1.807, 2.05) is 24.0 Å². The van der Waals surface area contributed by atoms with E-state index in [2.05, 4.69) is 16.9 Å². The normalized spacial score (nSPS) is 14.5. The van der Waals surface area contributed by atoms with Gasteiger partial charge in [0.1, 0.15) is 0 Å². The van der Waals surface area contributed by atoms with Crippen molar-refractivity contribution in [1.29, 1.82) is 0 Å². The topological polar surface area (TPSA) is 45.2 Å². The number of pyridine rings is 1. The number of rotatable bonds is 2. The summed E-state index contributed by atoms with van der Waals surface area (Å²) in [7, 11) is 0. The van der Waals surface area contributed by atoms with E-state index in [4.69, 9.17) is 0 Å². The monoisotopic (exact) mass is 203 g/mol. The summed E-state index contributed by atoms with van der Waals surface area (Å²) in [5, 5.41) is 2.80. The van der Waals surface area contributed by atoms with Crippen molar-refractivity contribution < 1.29 is 4.79 Å². The fourth-order valence-electron chi connectivity index (χ4n) is 1.63. The van der Waals surface area contributed by atoms with Crippen molar-refractivity contribution in [2.75, 3.05) is 23.3 Å². The lowest BCUT2D eigenvalue weighted by molar-refractivity contribution is -0.115. The second kappa shape index (κ2) is 3.73. The van der Waals surface area contributed by atoms with Crippen LogP contribution in [0.3, 0.4) is 0 Å². The molecule has 1 aromatic rings. The zero-order chi connectivity index (χ0) is 10.8. The lowest BCUT2D eigenvalue weighted by atomic mass is 10.2. The zero-order valence-corrected chi connectivity index (χ0v) is 8.66. The van der Waals surface area contributed by atoms with Crippen molar-refractivity contribution in [3.63, 3.8) is 0 Å². The van der Waals surface area contributed by atoms with Gasteiger partial charge < -0.3 is 10.2 Å². The third kappa shape index (κ3) is 1.83. The first kappa shape index (κ1) is 9.71. The molecular formula is C11H13N3O. The number of anilines is 2. The molecule has 1 aromatic heterocycles. The second-order valence-corrected chi connectivity index (χ2v) is 3.54. The molecule has 0 fully saturated rings. The third-order valence-electron chi connectivity index (χ3n) is 2.27. The van der Waals surface area contributed by atoms with Crippen LogP contribution >= 0.6 is 0 Å². The van der Waals surface area contributed by atoms with Crippen molar-refractivity contribution in [3.05, 3.63) is 30.5 Å². The van der Waals surface area contributed by atoms with Gasteiger partial charge in [-0.2, -0.15) is 0 Å². The second-order valence-electron chi connectivity index (χ2n) is 3.54. The molecule has 1 aliphatic heterocycles. The standard InChI is InChI=1S/C11H13N3O/c1-3-6-14-7-10(15)13-9-5-4-8(2)12-11(9)14/h3-5H,1,6-7H2,2H3,(H,13,15). The molecule has 0 saturated heterocycles. The van der Waals surface area contributed by atoms with Crippen molar-refractivity contribution >= 4 is 17.4 Å². The summed E-state index contributed by atoms with van der Waals surface area (Å²) in [6.45, 7) is 6.59. The van der Waals surface area contributed by atoms with Gasteiger partial charge >= 0.3 is 0 Å². The molecule has 0 radical (unpaired) electrons. The molecule has 0 spiro atoms. The van der Waals surface area contributed by atoms with Crippen LogP contribution in [0.2, 0.25) is 0 Å². The molecule has 2 heterocycles. The van der Waals surface area contributed by atoms with E-state index >= 15 is 0 Å². The first-order valence-electron chi connectivity index (χ1n) is 4.84. The molecule has 0 saturated carbocycles. The molecule has 0 bridgehead atoms. The lowest BCUT2D eigenvalue weighted by Gasteiger charge is -2.28. The number of amides is 1. The molecule has 0 unspecified atom stereocenters. The molecule has 1 N–H and O–H groups in total. The van der Waals surface area contributed by atoms with E-state index < -0.39 is 0 Å². The Morgan fingerprint density at radius 3 is 3.20 bits per heavy atom.